The highest BCUT2D eigenvalue weighted by atomic mass is 32.2. The molecule has 0 saturated heterocycles. The number of ether oxygens (including phenoxy) is 1. The van der Waals surface area contributed by atoms with E-state index in [0.29, 0.717) is 18.0 Å². The van der Waals surface area contributed by atoms with Crippen molar-refractivity contribution in [2.45, 2.75) is 56.4 Å². The highest BCUT2D eigenvalue weighted by Gasteiger charge is 2.29. The predicted molar refractivity (Wildman–Crippen MR) is 98.1 cm³/mol. The molecule has 1 saturated carbocycles. The monoisotopic (exact) mass is 382 g/mol. The number of anilines is 1. The molecule has 1 unspecified atom stereocenters. The fourth-order valence-corrected chi connectivity index (χ4v) is 4.46. The van der Waals surface area contributed by atoms with Crippen LogP contribution in [0, 0.1) is 5.92 Å². The lowest BCUT2D eigenvalue weighted by molar-refractivity contribution is -0.143. The third kappa shape index (κ3) is 5.81. The highest BCUT2D eigenvalue weighted by molar-refractivity contribution is 7.89. The summed E-state index contributed by atoms with van der Waals surface area (Å²) in [5.41, 5.74) is 0.503. The summed E-state index contributed by atoms with van der Waals surface area (Å²) in [6.45, 7) is 1.37. The fourth-order valence-electron chi connectivity index (χ4n) is 3.27. The van der Waals surface area contributed by atoms with Gasteiger partial charge in [-0.25, -0.2) is 8.42 Å². The van der Waals surface area contributed by atoms with Gasteiger partial charge < -0.3 is 10.1 Å². The van der Waals surface area contributed by atoms with E-state index in [0.717, 1.165) is 25.7 Å². The van der Waals surface area contributed by atoms with Crippen LogP contribution in [0.15, 0.2) is 29.2 Å². The molecule has 144 valence electrons. The SMILES string of the molecule is COC(=O)C(CC1CCCCC1)NS(=O)(=O)c1ccc(NC(C)=O)cc1. The van der Waals surface area contributed by atoms with Gasteiger partial charge in [-0.2, -0.15) is 4.72 Å². The maximum atomic E-state index is 12.6. The second kappa shape index (κ2) is 9.14. The molecule has 0 heterocycles. The molecule has 1 amide bonds. The van der Waals surface area contributed by atoms with E-state index in [2.05, 4.69) is 10.0 Å². The second-order valence-corrected chi connectivity index (χ2v) is 8.36. The zero-order valence-electron chi connectivity index (χ0n) is 15.2. The number of hydrogen-bond acceptors (Lipinski definition) is 5. The van der Waals surface area contributed by atoms with Crippen LogP contribution in [0.3, 0.4) is 0 Å². The van der Waals surface area contributed by atoms with Crippen LogP contribution < -0.4 is 10.0 Å². The van der Waals surface area contributed by atoms with Gasteiger partial charge in [-0.15, -0.1) is 0 Å². The van der Waals surface area contributed by atoms with E-state index in [9.17, 15) is 18.0 Å². The van der Waals surface area contributed by atoms with Crippen molar-refractivity contribution in [3.05, 3.63) is 24.3 Å². The molecular weight excluding hydrogens is 356 g/mol. The molecular formula is C18H26N2O5S. The number of carbonyl (C=O) groups excluding carboxylic acids is 2. The van der Waals surface area contributed by atoms with Gasteiger partial charge in [-0.05, 0) is 36.6 Å². The van der Waals surface area contributed by atoms with E-state index in [-0.39, 0.29) is 10.8 Å². The summed E-state index contributed by atoms with van der Waals surface area (Å²) in [5, 5.41) is 2.58. The van der Waals surface area contributed by atoms with Crippen molar-refractivity contribution in [1.82, 2.24) is 4.72 Å². The average molecular weight is 382 g/mol. The maximum Gasteiger partial charge on any atom is 0.323 e. The number of esters is 1. The van der Waals surface area contributed by atoms with Crippen molar-refractivity contribution >= 4 is 27.6 Å². The van der Waals surface area contributed by atoms with Crippen molar-refractivity contribution in [2.75, 3.05) is 12.4 Å². The molecule has 0 spiro atoms. The summed E-state index contributed by atoms with van der Waals surface area (Å²) in [6, 6.07) is 4.89. The lowest BCUT2D eigenvalue weighted by Gasteiger charge is -2.25. The first-order valence-corrected chi connectivity index (χ1v) is 10.3. The molecule has 1 aliphatic rings. The van der Waals surface area contributed by atoms with Gasteiger partial charge in [0.25, 0.3) is 0 Å². The molecule has 1 atom stereocenters. The molecule has 0 aliphatic heterocycles. The number of hydrogen-bond donors (Lipinski definition) is 2. The van der Waals surface area contributed by atoms with Crippen LogP contribution in [0.1, 0.15) is 45.4 Å². The minimum Gasteiger partial charge on any atom is -0.468 e. The molecule has 2 N–H and O–H groups in total. The molecule has 1 aromatic carbocycles. The Bertz CT molecular complexity index is 724. The van der Waals surface area contributed by atoms with Gasteiger partial charge >= 0.3 is 5.97 Å². The molecule has 26 heavy (non-hydrogen) atoms. The van der Waals surface area contributed by atoms with Crippen LogP contribution in [0.5, 0.6) is 0 Å². The quantitative estimate of drug-likeness (QED) is 0.705. The number of benzene rings is 1. The van der Waals surface area contributed by atoms with E-state index < -0.39 is 22.0 Å². The third-order valence-corrected chi connectivity index (χ3v) is 6.05. The first-order chi connectivity index (χ1) is 12.3. The summed E-state index contributed by atoms with van der Waals surface area (Å²) in [4.78, 5) is 23.1. The molecule has 1 aliphatic carbocycles. The van der Waals surface area contributed by atoms with Crippen LogP contribution >= 0.6 is 0 Å². The number of amides is 1. The topological polar surface area (TPSA) is 102 Å². The summed E-state index contributed by atoms with van der Waals surface area (Å²) >= 11 is 0. The summed E-state index contributed by atoms with van der Waals surface area (Å²) in [5.74, 6) is -0.497. The van der Waals surface area contributed by atoms with Gasteiger partial charge in [0.15, 0.2) is 0 Å². The fraction of sp³-hybridized carbons (Fsp3) is 0.556. The Morgan fingerprint density at radius 3 is 2.31 bits per heavy atom. The molecule has 0 radical (unpaired) electrons. The summed E-state index contributed by atoms with van der Waals surface area (Å²) in [7, 11) is -2.62. The molecule has 7 nitrogen and oxygen atoms in total. The van der Waals surface area contributed by atoms with Gasteiger partial charge in [-0.3, -0.25) is 9.59 Å². The van der Waals surface area contributed by atoms with Crippen molar-refractivity contribution in [3.8, 4) is 0 Å². The Morgan fingerprint density at radius 2 is 1.77 bits per heavy atom. The first kappa shape index (κ1) is 20.4. The van der Waals surface area contributed by atoms with Crippen LogP contribution in [-0.4, -0.2) is 33.4 Å². The smallest absolute Gasteiger partial charge is 0.323 e. The lowest BCUT2D eigenvalue weighted by Crippen LogP contribution is -2.42. The van der Waals surface area contributed by atoms with Crippen LogP contribution in [0.4, 0.5) is 5.69 Å². The number of sulfonamides is 1. The molecule has 8 heteroatoms. The van der Waals surface area contributed by atoms with E-state index in [1.54, 1.807) is 0 Å². The minimum atomic E-state index is -3.87. The predicted octanol–water partition coefficient (Wildman–Crippen LogP) is 2.44. The summed E-state index contributed by atoms with van der Waals surface area (Å²) < 4.78 is 32.5. The number of nitrogens with one attached hydrogen (secondary N) is 2. The molecule has 2 rings (SSSR count). The van der Waals surface area contributed by atoms with Gasteiger partial charge in [0.1, 0.15) is 6.04 Å². The van der Waals surface area contributed by atoms with Crippen molar-refractivity contribution in [2.24, 2.45) is 5.92 Å². The van der Waals surface area contributed by atoms with Gasteiger partial charge in [0.05, 0.1) is 12.0 Å². The maximum absolute atomic E-state index is 12.6. The van der Waals surface area contributed by atoms with Crippen molar-refractivity contribution < 1.29 is 22.7 Å². The zero-order valence-corrected chi connectivity index (χ0v) is 16.0. The lowest BCUT2D eigenvalue weighted by atomic mass is 9.85. The van der Waals surface area contributed by atoms with E-state index in [4.69, 9.17) is 4.74 Å². The molecule has 0 aromatic heterocycles. The Kier molecular flexibility index (Phi) is 7.16. The Morgan fingerprint density at radius 1 is 1.15 bits per heavy atom. The van der Waals surface area contributed by atoms with E-state index in [1.165, 1.54) is 44.7 Å². The van der Waals surface area contributed by atoms with Crippen LogP contribution in [-0.2, 0) is 24.3 Å². The number of rotatable bonds is 7. The molecule has 1 aromatic rings. The van der Waals surface area contributed by atoms with Gasteiger partial charge in [0.2, 0.25) is 15.9 Å². The highest BCUT2D eigenvalue weighted by Crippen LogP contribution is 2.28. The number of methoxy groups -OCH3 is 1. The van der Waals surface area contributed by atoms with Crippen molar-refractivity contribution in [3.63, 3.8) is 0 Å². The van der Waals surface area contributed by atoms with E-state index >= 15 is 0 Å². The minimum absolute atomic E-state index is 0.0316. The largest absolute Gasteiger partial charge is 0.468 e. The normalized spacial score (nSPS) is 16.7. The van der Waals surface area contributed by atoms with Crippen LogP contribution in [0.2, 0.25) is 0 Å². The summed E-state index contributed by atoms with van der Waals surface area (Å²) in [6.07, 6.45) is 5.84. The number of carbonyl (C=O) groups is 2. The molecule has 0 bridgehead atoms. The third-order valence-electron chi connectivity index (χ3n) is 4.56. The Hall–Kier alpha value is -1.93. The zero-order chi connectivity index (χ0) is 19.2. The average Bonchev–Trinajstić information content (AvgIpc) is 2.61. The van der Waals surface area contributed by atoms with Crippen LogP contribution in [0.25, 0.3) is 0 Å². The molecule has 1 fully saturated rings. The van der Waals surface area contributed by atoms with Gasteiger partial charge in [0, 0.05) is 12.6 Å². The Balaban J connectivity index is 2.11. The standard InChI is InChI=1S/C18H26N2O5S/c1-13(21)19-15-8-10-16(11-9-15)26(23,24)20-17(18(22)25-2)12-14-6-4-3-5-7-14/h8-11,14,17,20H,3-7,12H2,1-2H3,(H,19,21). The Labute approximate surface area is 154 Å². The first-order valence-electron chi connectivity index (χ1n) is 8.79. The second-order valence-electron chi connectivity index (χ2n) is 6.64. The van der Waals surface area contributed by atoms with Crippen molar-refractivity contribution in [1.29, 1.82) is 0 Å². The van der Waals surface area contributed by atoms with Gasteiger partial charge in [-0.1, -0.05) is 32.1 Å². The van der Waals surface area contributed by atoms with E-state index in [1.807, 2.05) is 0 Å².